The van der Waals surface area contributed by atoms with Crippen molar-refractivity contribution in [1.82, 2.24) is 5.32 Å². The lowest BCUT2D eigenvalue weighted by Gasteiger charge is -2.09. The summed E-state index contributed by atoms with van der Waals surface area (Å²) in [6, 6.07) is -0.494. The number of nitrogens with one attached hydrogen (secondary N) is 1. The highest BCUT2D eigenvalue weighted by Crippen LogP contribution is 2.23. The summed E-state index contributed by atoms with van der Waals surface area (Å²) in [5, 5.41) is 13.0. The van der Waals surface area contributed by atoms with Gasteiger partial charge in [0.05, 0.1) is 16.3 Å². The lowest BCUT2D eigenvalue weighted by molar-refractivity contribution is -0.425. The zero-order valence-electron chi connectivity index (χ0n) is 6.73. The summed E-state index contributed by atoms with van der Waals surface area (Å²) in [5.74, 6) is 0. The topological polar surface area (TPSA) is 84.6 Å². The minimum absolute atomic E-state index is 0.0241. The molecule has 7 heteroatoms. The second-order valence-corrected chi connectivity index (χ2v) is 3.72. The highest BCUT2D eigenvalue weighted by molar-refractivity contribution is 9.09. The lowest BCUT2D eigenvalue weighted by Crippen LogP contribution is -2.22. The largest absolute Gasteiger partial charge is 0.346 e. The number of amides is 2. The first-order valence-corrected chi connectivity index (χ1v) is 4.61. The van der Waals surface area contributed by atoms with Gasteiger partial charge in [-0.2, -0.15) is 4.99 Å². The predicted octanol–water partition coefficient (Wildman–Crippen LogP) is 0.972. The first kappa shape index (κ1) is 9.07. The van der Waals surface area contributed by atoms with Gasteiger partial charge in [0.2, 0.25) is 0 Å². The molecule has 0 saturated carbocycles. The number of nitrogens with zero attached hydrogens (tertiary/aromatic N) is 2. The van der Waals surface area contributed by atoms with Crippen LogP contribution in [0.1, 0.15) is 0 Å². The second-order valence-electron chi connectivity index (χ2n) is 2.74. The molecule has 72 valence electrons. The van der Waals surface area contributed by atoms with Crippen LogP contribution in [-0.4, -0.2) is 21.5 Å². The summed E-state index contributed by atoms with van der Waals surface area (Å²) in [5.41, 5.74) is 0.809. The van der Waals surface area contributed by atoms with E-state index >= 15 is 0 Å². The highest BCUT2D eigenvalue weighted by atomic mass is 79.9. The van der Waals surface area contributed by atoms with Gasteiger partial charge in [-0.15, -0.1) is 0 Å². The fourth-order valence-electron chi connectivity index (χ4n) is 1.22. The molecule has 0 radical (unpaired) electrons. The Kier molecular flexibility index (Phi) is 1.95. The molecule has 1 aliphatic carbocycles. The number of carbonyl (C=O) groups is 1. The molecule has 0 aromatic rings. The van der Waals surface area contributed by atoms with Crippen LogP contribution >= 0.6 is 15.9 Å². The molecule has 1 atom stereocenters. The number of hydrogen-bond acceptors (Lipinski definition) is 3. The van der Waals surface area contributed by atoms with Crippen LogP contribution in [0.2, 0.25) is 0 Å². The molecule has 2 aliphatic rings. The standard InChI is InChI=1S/C7H4BrN3O3/c8-3-1-4-5(10-7(12)9-4)2-6(3)11(13)14/h1-3H,(H,9,12). The van der Waals surface area contributed by atoms with Crippen molar-refractivity contribution in [2.75, 3.05) is 0 Å². The molecule has 6 nitrogen and oxygen atoms in total. The molecule has 1 aliphatic heterocycles. The summed E-state index contributed by atoms with van der Waals surface area (Å²) in [4.78, 5) is 24.0. The van der Waals surface area contributed by atoms with Crippen LogP contribution < -0.4 is 5.32 Å². The second kappa shape index (κ2) is 3.02. The van der Waals surface area contributed by atoms with E-state index in [0.29, 0.717) is 11.4 Å². The number of rotatable bonds is 1. The Hall–Kier alpha value is -1.50. The van der Waals surface area contributed by atoms with Gasteiger partial charge in [0.15, 0.2) is 0 Å². The average molecular weight is 258 g/mol. The molecule has 0 aromatic carbocycles. The Bertz CT molecular complexity index is 424. The van der Waals surface area contributed by atoms with E-state index in [1.54, 1.807) is 6.08 Å². The van der Waals surface area contributed by atoms with Crippen LogP contribution in [0.3, 0.4) is 0 Å². The number of nitro groups is 1. The van der Waals surface area contributed by atoms with E-state index in [1.165, 1.54) is 6.08 Å². The molecule has 0 bridgehead atoms. The van der Waals surface area contributed by atoms with Gasteiger partial charge in [-0.05, 0) is 6.08 Å². The normalized spacial score (nSPS) is 24.5. The van der Waals surface area contributed by atoms with Gasteiger partial charge < -0.3 is 5.32 Å². The third-order valence-corrected chi connectivity index (χ3v) is 2.56. The van der Waals surface area contributed by atoms with Crippen LogP contribution in [0.25, 0.3) is 0 Å². The molecule has 2 rings (SSSR count). The van der Waals surface area contributed by atoms with E-state index in [0.717, 1.165) is 0 Å². The Balaban J connectivity index is 2.43. The van der Waals surface area contributed by atoms with E-state index in [9.17, 15) is 14.9 Å². The van der Waals surface area contributed by atoms with Crippen molar-refractivity contribution in [3.63, 3.8) is 0 Å². The van der Waals surface area contributed by atoms with Crippen LogP contribution in [0.4, 0.5) is 4.79 Å². The first-order valence-electron chi connectivity index (χ1n) is 3.70. The monoisotopic (exact) mass is 257 g/mol. The average Bonchev–Trinajstić information content (AvgIpc) is 2.42. The van der Waals surface area contributed by atoms with Gasteiger partial charge in [0.25, 0.3) is 5.70 Å². The van der Waals surface area contributed by atoms with Crippen molar-refractivity contribution >= 4 is 27.7 Å². The van der Waals surface area contributed by atoms with E-state index in [4.69, 9.17) is 0 Å². The van der Waals surface area contributed by atoms with E-state index in [1.807, 2.05) is 0 Å². The molecular formula is C7H4BrN3O3. The third kappa shape index (κ3) is 1.35. The number of allylic oxidation sites excluding steroid dienone is 2. The Morgan fingerprint density at radius 3 is 3.00 bits per heavy atom. The Morgan fingerprint density at radius 1 is 1.64 bits per heavy atom. The molecule has 1 heterocycles. The zero-order valence-corrected chi connectivity index (χ0v) is 8.32. The van der Waals surface area contributed by atoms with Crippen molar-refractivity contribution in [2.24, 2.45) is 4.99 Å². The van der Waals surface area contributed by atoms with E-state index in [2.05, 4.69) is 26.2 Å². The quantitative estimate of drug-likeness (QED) is 0.432. The number of alkyl halides is 1. The van der Waals surface area contributed by atoms with E-state index < -0.39 is 15.8 Å². The third-order valence-electron chi connectivity index (χ3n) is 1.83. The summed E-state index contributed by atoms with van der Waals surface area (Å²) < 4.78 is 0. The van der Waals surface area contributed by atoms with Gasteiger partial charge in [0.1, 0.15) is 4.83 Å². The first-order chi connectivity index (χ1) is 6.58. The van der Waals surface area contributed by atoms with Crippen LogP contribution in [-0.2, 0) is 0 Å². The zero-order chi connectivity index (χ0) is 10.3. The smallest absolute Gasteiger partial charge is 0.304 e. The van der Waals surface area contributed by atoms with E-state index in [-0.39, 0.29) is 5.70 Å². The summed E-state index contributed by atoms with van der Waals surface area (Å²) in [6.07, 6.45) is 2.83. The molecule has 14 heavy (non-hydrogen) atoms. The molecule has 0 saturated heterocycles. The summed E-state index contributed by atoms with van der Waals surface area (Å²) in [6.45, 7) is 0. The van der Waals surface area contributed by atoms with Crippen LogP contribution in [0.5, 0.6) is 0 Å². The summed E-state index contributed by atoms with van der Waals surface area (Å²) in [7, 11) is 0. The fourth-order valence-corrected chi connectivity index (χ4v) is 1.78. The number of halogens is 1. The number of carbonyl (C=O) groups excluding carboxylic acids is 1. The van der Waals surface area contributed by atoms with Crippen molar-refractivity contribution in [3.8, 4) is 0 Å². The predicted molar refractivity (Wildman–Crippen MR) is 51.8 cm³/mol. The Labute approximate surface area is 86.7 Å². The maximum absolute atomic E-state index is 10.8. The van der Waals surface area contributed by atoms with Crippen LogP contribution in [0, 0.1) is 10.1 Å². The molecule has 0 spiro atoms. The fraction of sp³-hybridized carbons (Fsp3) is 0.143. The number of fused-ring (bicyclic) bond motifs is 1. The van der Waals surface area contributed by atoms with Crippen LogP contribution in [0.15, 0.2) is 28.5 Å². The summed E-state index contributed by atoms with van der Waals surface area (Å²) >= 11 is 3.12. The molecule has 2 amide bonds. The van der Waals surface area contributed by atoms with Gasteiger partial charge in [-0.1, -0.05) is 15.9 Å². The lowest BCUT2D eigenvalue weighted by atomic mass is 10.1. The molecule has 1 unspecified atom stereocenters. The Morgan fingerprint density at radius 2 is 2.36 bits per heavy atom. The molecular weight excluding hydrogens is 254 g/mol. The van der Waals surface area contributed by atoms with Gasteiger partial charge in [-0.25, -0.2) is 4.79 Å². The minimum Gasteiger partial charge on any atom is -0.304 e. The molecule has 0 fully saturated rings. The molecule has 1 N–H and O–H groups in total. The van der Waals surface area contributed by atoms with Crippen molar-refractivity contribution < 1.29 is 9.72 Å². The van der Waals surface area contributed by atoms with Crippen molar-refractivity contribution in [1.29, 1.82) is 0 Å². The van der Waals surface area contributed by atoms with Crippen molar-refractivity contribution in [2.45, 2.75) is 4.83 Å². The number of aliphatic imine (C=N–C) groups is 1. The maximum atomic E-state index is 10.8. The maximum Gasteiger partial charge on any atom is 0.346 e. The molecule has 0 aromatic heterocycles. The minimum atomic E-state index is -0.502. The van der Waals surface area contributed by atoms with Gasteiger partial charge in [0, 0.05) is 6.08 Å². The SMILES string of the molecule is O=C1N=C2C=C([N+](=O)[O-])C(Br)C=C2N1. The number of urea groups is 1. The number of hydrogen-bond donors (Lipinski definition) is 1. The van der Waals surface area contributed by atoms with Gasteiger partial charge in [-0.3, -0.25) is 10.1 Å². The van der Waals surface area contributed by atoms with Crippen molar-refractivity contribution in [3.05, 3.63) is 33.7 Å². The van der Waals surface area contributed by atoms with Gasteiger partial charge >= 0.3 is 6.03 Å². The highest BCUT2D eigenvalue weighted by Gasteiger charge is 2.31.